The van der Waals surface area contributed by atoms with Crippen molar-refractivity contribution in [2.45, 2.75) is 185 Å². The van der Waals surface area contributed by atoms with Crippen LogP contribution < -0.4 is 0 Å². The average Bonchev–Trinajstić information content (AvgIpc) is 3.04. The molecule has 13 nitrogen and oxygen atoms in total. The summed E-state index contributed by atoms with van der Waals surface area (Å²) in [5, 5.41) is 49.7. The molecular weight excluding hydrogens is 635 g/mol. The van der Waals surface area contributed by atoms with Gasteiger partial charge in [-0.3, -0.25) is 18.6 Å². The summed E-state index contributed by atoms with van der Waals surface area (Å²) in [6, 6.07) is 0. The first-order valence-corrected chi connectivity index (χ1v) is 19.3. The largest absolute Gasteiger partial charge is 0.472 e. The third kappa shape index (κ3) is 19.6. The summed E-state index contributed by atoms with van der Waals surface area (Å²) in [6.07, 6.45) is 6.49. The van der Waals surface area contributed by atoms with E-state index in [2.05, 4.69) is 13.8 Å². The van der Waals surface area contributed by atoms with E-state index in [0.717, 1.165) is 57.8 Å². The normalized spacial score (nSPS) is 24.9. The minimum Gasteiger partial charge on any atom is -0.462 e. The number of unbranched alkanes of at least 4 members (excludes halogenated alkanes) is 16. The van der Waals surface area contributed by atoms with Gasteiger partial charge in [0.15, 0.2) is 6.10 Å². The number of rotatable bonds is 28. The summed E-state index contributed by atoms with van der Waals surface area (Å²) in [7, 11) is -5.09. The Bertz CT molecular complexity index is 859. The van der Waals surface area contributed by atoms with Crippen molar-refractivity contribution >= 4 is 19.8 Å². The summed E-state index contributed by atoms with van der Waals surface area (Å²) >= 11 is 0. The molecule has 1 aliphatic carbocycles. The smallest absolute Gasteiger partial charge is 0.462 e. The molecule has 6 atom stereocenters. The van der Waals surface area contributed by atoms with Crippen molar-refractivity contribution in [1.29, 1.82) is 0 Å². The van der Waals surface area contributed by atoms with Gasteiger partial charge in [-0.15, -0.1) is 0 Å². The zero-order valence-electron chi connectivity index (χ0n) is 28.6. The van der Waals surface area contributed by atoms with Crippen molar-refractivity contribution in [2.75, 3.05) is 13.2 Å². The number of aliphatic hydroxyl groups is 5. The Balaban J connectivity index is 2.58. The molecule has 0 amide bonds. The SMILES string of the molecule is CCCCCCCCCCCCCC(=O)OC(COC(=O)CCCCCCCCC)COP(=O)(O)OC1C(O)C(O)C(O)C(O)C1O. The van der Waals surface area contributed by atoms with Gasteiger partial charge >= 0.3 is 19.8 Å². The van der Waals surface area contributed by atoms with E-state index in [0.29, 0.717) is 12.8 Å². The number of aliphatic hydroxyl groups excluding tert-OH is 5. The lowest BCUT2D eigenvalue weighted by atomic mass is 9.85. The van der Waals surface area contributed by atoms with E-state index in [1.54, 1.807) is 0 Å². The molecule has 1 fully saturated rings. The van der Waals surface area contributed by atoms with Gasteiger partial charge in [-0.1, -0.05) is 117 Å². The van der Waals surface area contributed by atoms with Crippen molar-refractivity contribution < 1.29 is 63.1 Å². The molecule has 1 aliphatic rings. The highest BCUT2D eigenvalue weighted by Crippen LogP contribution is 2.47. The maximum Gasteiger partial charge on any atom is 0.472 e. The first kappa shape index (κ1) is 43.9. The zero-order valence-corrected chi connectivity index (χ0v) is 29.5. The lowest BCUT2D eigenvalue weighted by Gasteiger charge is -2.41. The molecule has 1 saturated carbocycles. The van der Waals surface area contributed by atoms with E-state index in [1.165, 1.54) is 44.9 Å². The first-order chi connectivity index (χ1) is 22.4. The Kier molecular flexibility index (Phi) is 24.1. The van der Waals surface area contributed by atoms with Crippen LogP contribution >= 0.6 is 7.82 Å². The fourth-order valence-electron chi connectivity index (χ4n) is 5.46. The number of hydrogen-bond donors (Lipinski definition) is 6. The second-order valence-electron chi connectivity index (χ2n) is 12.7. The fourth-order valence-corrected chi connectivity index (χ4v) is 6.43. The van der Waals surface area contributed by atoms with Gasteiger partial charge < -0.3 is 39.9 Å². The average molecular weight is 699 g/mol. The van der Waals surface area contributed by atoms with E-state index >= 15 is 0 Å². The van der Waals surface area contributed by atoms with Crippen LogP contribution in [0, 0.1) is 0 Å². The van der Waals surface area contributed by atoms with Crippen LogP contribution in [0.15, 0.2) is 0 Å². The summed E-state index contributed by atoms with van der Waals surface area (Å²) < 4.78 is 33.1. The molecule has 1 rings (SSSR count). The van der Waals surface area contributed by atoms with Gasteiger partial charge in [0, 0.05) is 12.8 Å². The fraction of sp³-hybridized carbons (Fsp3) is 0.939. The first-order valence-electron chi connectivity index (χ1n) is 17.8. The van der Waals surface area contributed by atoms with E-state index in [-0.39, 0.29) is 12.8 Å². The van der Waals surface area contributed by atoms with Crippen LogP contribution in [-0.4, -0.2) is 98.3 Å². The molecule has 0 radical (unpaired) electrons. The molecule has 14 heteroatoms. The lowest BCUT2D eigenvalue weighted by Crippen LogP contribution is -2.64. The third-order valence-corrected chi connectivity index (χ3v) is 9.43. The molecule has 47 heavy (non-hydrogen) atoms. The van der Waals surface area contributed by atoms with Gasteiger partial charge in [0.25, 0.3) is 0 Å². The predicted octanol–water partition coefficient (Wildman–Crippen LogP) is 4.60. The Labute approximate surface area is 281 Å². The highest BCUT2D eigenvalue weighted by Gasteiger charge is 2.51. The third-order valence-electron chi connectivity index (χ3n) is 8.45. The number of phosphoric acid groups is 1. The molecule has 0 spiro atoms. The monoisotopic (exact) mass is 698 g/mol. The summed E-state index contributed by atoms with van der Waals surface area (Å²) in [5.74, 6) is -1.10. The molecule has 0 saturated heterocycles. The molecule has 6 unspecified atom stereocenters. The minimum atomic E-state index is -5.09. The lowest BCUT2D eigenvalue weighted by molar-refractivity contribution is -0.220. The molecule has 0 aromatic rings. The van der Waals surface area contributed by atoms with Crippen molar-refractivity contribution in [1.82, 2.24) is 0 Å². The van der Waals surface area contributed by atoms with E-state index < -0.39 is 75.7 Å². The number of hydrogen-bond acceptors (Lipinski definition) is 12. The van der Waals surface area contributed by atoms with Crippen LogP contribution in [0.1, 0.15) is 142 Å². The van der Waals surface area contributed by atoms with E-state index in [9.17, 15) is 44.6 Å². The number of carbonyl (C=O) groups is 2. The summed E-state index contributed by atoms with van der Waals surface area (Å²) in [6.45, 7) is 3.18. The Morgan fingerprint density at radius 1 is 0.574 bits per heavy atom. The van der Waals surface area contributed by atoms with E-state index in [1.807, 2.05) is 0 Å². The second-order valence-corrected chi connectivity index (χ2v) is 14.1. The molecule has 0 aliphatic heterocycles. The van der Waals surface area contributed by atoms with Crippen LogP contribution in [0.25, 0.3) is 0 Å². The van der Waals surface area contributed by atoms with Crippen LogP contribution in [0.2, 0.25) is 0 Å². The van der Waals surface area contributed by atoms with Crippen LogP contribution in [0.5, 0.6) is 0 Å². The van der Waals surface area contributed by atoms with Crippen molar-refractivity contribution in [3.63, 3.8) is 0 Å². The number of ether oxygens (including phenoxy) is 2. The second kappa shape index (κ2) is 25.8. The molecule has 0 heterocycles. The molecule has 0 aromatic carbocycles. The van der Waals surface area contributed by atoms with E-state index in [4.69, 9.17) is 18.5 Å². The van der Waals surface area contributed by atoms with Crippen LogP contribution in [0.3, 0.4) is 0 Å². The summed E-state index contributed by atoms with van der Waals surface area (Å²) in [4.78, 5) is 35.2. The topological polar surface area (TPSA) is 210 Å². The Morgan fingerprint density at radius 3 is 1.40 bits per heavy atom. The number of esters is 2. The quantitative estimate of drug-likeness (QED) is 0.0375. The molecular formula is C33H63O13P. The highest BCUT2D eigenvalue weighted by molar-refractivity contribution is 7.47. The predicted molar refractivity (Wildman–Crippen MR) is 175 cm³/mol. The van der Waals surface area contributed by atoms with Crippen molar-refractivity contribution in [2.24, 2.45) is 0 Å². The number of carbonyl (C=O) groups excluding carboxylic acids is 2. The molecule has 0 aromatic heterocycles. The minimum absolute atomic E-state index is 0.103. The maximum absolute atomic E-state index is 12.7. The van der Waals surface area contributed by atoms with Gasteiger partial charge in [-0.2, -0.15) is 0 Å². The van der Waals surface area contributed by atoms with Gasteiger partial charge in [0.1, 0.15) is 43.2 Å². The van der Waals surface area contributed by atoms with Crippen LogP contribution in [0.4, 0.5) is 0 Å². The standard InChI is InChI=1S/C33H63O13P/c1-3-5-7-9-11-12-13-14-16-18-20-22-27(35)45-25(23-43-26(34)21-19-17-15-10-8-6-4-2)24-44-47(41,42)46-33-31(39)29(37)28(36)30(38)32(33)40/h25,28-33,36-40H,3-24H2,1-2H3,(H,41,42). The molecule has 0 bridgehead atoms. The maximum atomic E-state index is 12.7. The van der Waals surface area contributed by atoms with Gasteiger partial charge in [0.05, 0.1) is 6.61 Å². The molecule has 6 N–H and O–H groups in total. The van der Waals surface area contributed by atoms with Crippen molar-refractivity contribution in [3.05, 3.63) is 0 Å². The van der Waals surface area contributed by atoms with Gasteiger partial charge in [0.2, 0.25) is 0 Å². The molecule has 278 valence electrons. The van der Waals surface area contributed by atoms with Crippen molar-refractivity contribution in [3.8, 4) is 0 Å². The zero-order chi connectivity index (χ0) is 35.1. The Morgan fingerprint density at radius 2 is 0.957 bits per heavy atom. The summed E-state index contributed by atoms with van der Waals surface area (Å²) in [5.41, 5.74) is 0. The Hall–Kier alpha value is -1.15. The van der Waals surface area contributed by atoms with Gasteiger partial charge in [-0.25, -0.2) is 4.57 Å². The van der Waals surface area contributed by atoms with Gasteiger partial charge in [-0.05, 0) is 12.8 Å². The number of phosphoric ester groups is 1. The van der Waals surface area contributed by atoms with Crippen LogP contribution in [-0.2, 0) is 32.7 Å². The highest BCUT2D eigenvalue weighted by atomic mass is 31.2.